The summed E-state index contributed by atoms with van der Waals surface area (Å²) in [6.45, 7) is 1.53. The minimum absolute atomic E-state index is 0.0858. The number of hydrogen-bond acceptors (Lipinski definition) is 8. The Bertz CT molecular complexity index is 796. The van der Waals surface area contributed by atoms with Crippen molar-refractivity contribution in [3.63, 3.8) is 0 Å². The van der Waals surface area contributed by atoms with Crippen LogP contribution in [0.5, 0.6) is 0 Å². The molecule has 2 unspecified atom stereocenters. The van der Waals surface area contributed by atoms with E-state index < -0.39 is 0 Å². The average molecular weight is 376 g/mol. The summed E-state index contributed by atoms with van der Waals surface area (Å²) < 4.78 is 12.4. The Morgan fingerprint density at radius 1 is 1.42 bits per heavy atom. The van der Waals surface area contributed by atoms with Crippen molar-refractivity contribution in [3.05, 3.63) is 23.7 Å². The highest BCUT2D eigenvalue weighted by Gasteiger charge is 2.42. The van der Waals surface area contributed by atoms with Crippen LogP contribution in [-0.2, 0) is 16.5 Å². The summed E-state index contributed by atoms with van der Waals surface area (Å²) in [5, 5.41) is 11.1. The summed E-state index contributed by atoms with van der Waals surface area (Å²) in [4.78, 5) is 21.4. The summed E-state index contributed by atoms with van der Waals surface area (Å²) in [6.07, 6.45) is 5.44. The van der Waals surface area contributed by atoms with Gasteiger partial charge < -0.3 is 9.47 Å². The van der Waals surface area contributed by atoms with Gasteiger partial charge in [0.1, 0.15) is 6.04 Å². The lowest BCUT2D eigenvalue weighted by molar-refractivity contribution is 0.0749. The summed E-state index contributed by atoms with van der Waals surface area (Å²) in [6, 6.07) is -0.218. The van der Waals surface area contributed by atoms with Crippen LogP contribution in [0.15, 0.2) is 28.0 Å². The Morgan fingerprint density at radius 2 is 2.23 bits per heavy atom. The van der Waals surface area contributed by atoms with Crippen molar-refractivity contribution in [3.8, 4) is 0 Å². The number of ether oxygens (including phenoxy) is 2. The van der Waals surface area contributed by atoms with Gasteiger partial charge in [-0.25, -0.2) is 9.98 Å². The predicted molar refractivity (Wildman–Crippen MR) is 97.1 cm³/mol. The fourth-order valence-electron chi connectivity index (χ4n) is 3.35. The van der Waals surface area contributed by atoms with E-state index in [1.807, 2.05) is 6.20 Å². The van der Waals surface area contributed by atoms with Crippen LogP contribution in [0.3, 0.4) is 0 Å². The normalized spacial score (nSPS) is 25.8. The molecular formula is C16H20N6O3S. The Kier molecular flexibility index (Phi) is 4.77. The maximum absolute atomic E-state index is 12.3. The summed E-state index contributed by atoms with van der Waals surface area (Å²) >= 11 is 1.54. The van der Waals surface area contributed by atoms with Crippen LogP contribution >= 0.6 is 11.8 Å². The third kappa shape index (κ3) is 3.26. The van der Waals surface area contributed by atoms with Gasteiger partial charge in [0.25, 0.3) is 5.91 Å². The fraction of sp³-hybridized carbons (Fsp3) is 0.562. The van der Waals surface area contributed by atoms with Gasteiger partial charge in [0.05, 0.1) is 18.6 Å². The number of carbonyl (C=O) groups is 1. The largest absolute Gasteiger partial charge is 0.482 e. The van der Waals surface area contributed by atoms with Gasteiger partial charge in [-0.15, -0.1) is 5.10 Å². The van der Waals surface area contributed by atoms with E-state index in [-0.39, 0.29) is 22.9 Å². The Balaban J connectivity index is 1.52. The number of aromatic nitrogens is 3. The summed E-state index contributed by atoms with van der Waals surface area (Å²) in [7, 11) is 3.31. The van der Waals surface area contributed by atoms with Gasteiger partial charge in [0.2, 0.25) is 5.90 Å². The number of carbonyl (C=O) groups excluding carboxylic acids is 1. The van der Waals surface area contributed by atoms with Crippen molar-refractivity contribution in [1.82, 2.24) is 20.3 Å². The third-order valence-electron chi connectivity index (χ3n) is 4.66. The third-order valence-corrected chi connectivity index (χ3v) is 5.88. The lowest BCUT2D eigenvalue weighted by atomic mass is 9.86. The molecule has 9 nitrogen and oxygen atoms in total. The number of aliphatic imine (C=N–C) groups is 2. The van der Waals surface area contributed by atoms with E-state index in [2.05, 4.69) is 25.6 Å². The number of aryl methyl sites for hydroxylation is 1. The molecule has 0 radical (unpaired) electrons. The van der Waals surface area contributed by atoms with E-state index in [9.17, 15) is 4.79 Å². The zero-order valence-electron chi connectivity index (χ0n) is 14.6. The maximum Gasteiger partial charge on any atom is 0.279 e. The first-order valence-corrected chi connectivity index (χ1v) is 9.35. The Hall–Kier alpha value is -2.20. The standard InChI is InChI=1S/C16H20N6O3S/c1-22-8-11(20-21-22)14(23)19-16-18-12-13(26-16)10(7-17-15(12)24-2)9-3-5-25-6-4-9/h7-9,12-13H,3-6H2,1-2H3,(H,18,19,23). The molecule has 0 bridgehead atoms. The lowest BCUT2D eigenvalue weighted by Gasteiger charge is -2.31. The molecule has 3 aliphatic heterocycles. The predicted octanol–water partition coefficient (Wildman–Crippen LogP) is 0.754. The molecule has 10 heteroatoms. The highest BCUT2D eigenvalue weighted by Crippen LogP contribution is 2.40. The number of amides is 1. The van der Waals surface area contributed by atoms with Crippen LogP contribution in [0.1, 0.15) is 23.3 Å². The minimum Gasteiger partial charge on any atom is -0.482 e. The molecule has 3 aliphatic rings. The van der Waals surface area contributed by atoms with E-state index in [0.29, 0.717) is 17.0 Å². The molecule has 4 heterocycles. The molecule has 0 saturated carbocycles. The number of amidine groups is 1. The van der Waals surface area contributed by atoms with Gasteiger partial charge >= 0.3 is 0 Å². The summed E-state index contributed by atoms with van der Waals surface area (Å²) in [5.74, 6) is 0.675. The first-order valence-electron chi connectivity index (χ1n) is 8.47. The van der Waals surface area contributed by atoms with Crippen LogP contribution in [-0.4, -0.2) is 63.6 Å². The van der Waals surface area contributed by atoms with Gasteiger partial charge in [-0.1, -0.05) is 17.0 Å². The molecule has 1 N–H and O–H groups in total. The molecule has 1 amide bonds. The zero-order valence-corrected chi connectivity index (χ0v) is 15.4. The molecule has 4 rings (SSSR count). The number of nitrogens with zero attached hydrogens (tertiary/aromatic N) is 5. The van der Waals surface area contributed by atoms with Crippen molar-refractivity contribution in [1.29, 1.82) is 0 Å². The summed E-state index contributed by atoms with van der Waals surface area (Å²) in [5.41, 5.74) is 1.50. The second kappa shape index (κ2) is 7.20. The molecule has 1 aromatic rings. The topological polar surface area (TPSA) is 103 Å². The van der Waals surface area contributed by atoms with Crippen LogP contribution < -0.4 is 5.32 Å². The van der Waals surface area contributed by atoms with Crippen molar-refractivity contribution >= 4 is 28.7 Å². The van der Waals surface area contributed by atoms with E-state index in [4.69, 9.17) is 9.47 Å². The van der Waals surface area contributed by atoms with Gasteiger partial charge in [-0.2, -0.15) is 0 Å². The smallest absolute Gasteiger partial charge is 0.279 e. The van der Waals surface area contributed by atoms with E-state index in [1.165, 1.54) is 22.0 Å². The molecule has 2 atom stereocenters. The quantitative estimate of drug-likeness (QED) is 0.817. The first kappa shape index (κ1) is 17.2. The number of hydrogen-bond donors (Lipinski definition) is 1. The second-order valence-electron chi connectivity index (χ2n) is 6.34. The molecule has 0 spiro atoms. The second-order valence-corrected chi connectivity index (χ2v) is 7.47. The SMILES string of the molecule is COC1=NC=C(C2CCOCC2)C2SC(NC(=O)c3cn(C)nn3)=NC12. The van der Waals surface area contributed by atoms with Crippen molar-refractivity contribution in [2.24, 2.45) is 23.0 Å². The first-order chi connectivity index (χ1) is 12.7. The molecule has 138 valence electrons. The van der Waals surface area contributed by atoms with Crippen LogP contribution in [0.2, 0.25) is 0 Å². The molecule has 0 aromatic carbocycles. The Labute approximate surface area is 154 Å². The molecule has 1 fully saturated rings. The molecule has 0 aliphatic carbocycles. The van der Waals surface area contributed by atoms with E-state index in [0.717, 1.165) is 26.1 Å². The molecular weight excluding hydrogens is 356 g/mol. The average Bonchev–Trinajstić information content (AvgIpc) is 3.27. The minimum atomic E-state index is -0.324. The number of thioether (sulfide) groups is 1. The number of nitrogens with one attached hydrogen (secondary N) is 1. The van der Waals surface area contributed by atoms with Gasteiger partial charge in [-0.05, 0) is 24.3 Å². The fourth-order valence-corrected chi connectivity index (χ4v) is 4.61. The van der Waals surface area contributed by atoms with Crippen molar-refractivity contribution < 1.29 is 14.3 Å². The molecule has 1 aromatic heterocycles. The molecule has 1 saturated heterocycles. The van der Waals surface area contributed by atoms with Gasteiger partial charge in [0, 0.05) is 26.5 Å². The van der Waals surface area contributed by atoms with Crippen LogP contribution in [0, 0.1) is 5.92 Å². The monoisotopic (exact) mass is 376 g/mol. The Morgan fingerprint density at radius 3 is 2.92 bits per heavy atom. The van der Waals surface area contributed by atoms with Crippen LogP contribution in [0.4, 0.5) is 0 Å². The lowest BCUT2D eigenvalue weighted by Crippen LogP contribution is -2.36. The highest BCUT2D eigenvalue weighted by molar-refractivity contribution is 8.14. The van der Waals surface area contributed by atoms with E-state index >= 15 is 0 Å². The number of methoxy groups -OCH3 is 1. The van der Waals surface area contributed by atoms with Gasteiger partial charge in [-0.3, -0.25) is 14.8 Å². The zero-order chi connectivity index (χ0) is 18.1. The van der Waals surface area contributed by atoms with Crippen LogP contribution in [0.25, 0.3) is 0 Å². The number of fused-ring (bicyclic) bond motifs is 1. The highest BCUT2D eigenvalue weighted by atomic mass is 32.2. The van der Waals surface area contributed by atoms with Crippen molar-refractivity contribution in [2.75, 3.05) is 20.3 Å². The van der Waals surface area contributed by atoms with Crippen molar-refractivity contribution in [2.45, 2.75) is 24.1 Å². The van der Waals surface area contributed by atoms with Gasteiger partial charge in [0.15, 0.2) is 10.9 Å². The molecule has 26 heavy (non-hydrogen) atoms. The number of rotatable bonds is 2. The maximum atomic E-state index is 12.3. The van der Waals surface area contributed by atoms with E-state index in [1.54, 1.807) is 20.4 Å².